The van der Waals surface area contributed by atoms with Gasteiger partial charge in [0.05, 0.1) is 6.54 Å². The first kappa shape index (κ1) is 13.9. The van der Waals surface area contributed by atoms with Crippen LogP contribution in [-0.4, -0.2) is 41.9 Å². The molecule has 0 aromatic heterocycles. The summed E-state index contributed by atoms with van der Waals surface area (Å²) < 4.78 is 0. The van der Waals surface area contributed by atoms with Crippen molar-refractivity contribution in [2.75, 3.05) is 6.54 Å². The van der Waals surface area contributed by atoms with Gasteiger partial charge in [0.15, 0.2) is 0 Å². The molecule has 0 bridgehead atoms. The number of amides is 3. The second kappa shape index (κ2) is 7.21. The van der Waals surface area contributed by atoms with Gasteiger partial charge >= 0.3 is 12.0 Å². The number of hydrogen-bond acceptors (Lipinski definition) is 4. The third kappa shape index (κ3) is 6.35. The number of carbonyl (C=O) groups excluding carboxylic acids is 3. The zero-order valence-corrected chi connectivity index (χ0v) is 8.43. The van der Waals surface area contributed by atoms with Crippen molar-refractivity contribution in [3.63, 3.8) is 0 Å². The molecule has 0 aromatic carbocycles. The molecule has 0 spiro atoms. The summed E-state index contributed by atoms with van der Waals surface area (Å²) in [7, 11) is 0. The lowest BCUT2D eigenvalue weighted by molar-refractivity contribution is -0.141. The highest BCUT2D eigenvalue weighted by atomic mass is 16.4. The maximum atomic E-state index is 11.1. The second-order valence-electron chi connectivity index (χ2n) is 2.92. The molecule has 0 aliphatic rings. The molecule has 8 heteroatoms. The van der Waals surface area contributed by atoms with Gasteiger partial charge < -0.3 is 26.3 Å². The van der Waals surface area contributed by atoms with Crippen LogP contribution in [-0.2, 0) is 14.4 Å². The minimum absolute atomic E-state index is 0.00114. The van der Waals surface area contributed by atoms with Crippen molar-refractivity contribution in [1.82, 2.24) is 10.6 Å². The van der Waals surface area contributed by atoms with Crippen LogP contribution in [0.4, 0.5) is 4.79 Å². The topological polar surface area (TPSA) is 139 Å². The highest BCUT2D eigenvalue weighted by molar-refractivity contribution is 5.87. The average Bonchev–Trinajstić information content (AvgIpc) is 2.20. The number of carboxylic acids is 1. The number of primary amides is 1. The Labute approximate surface area is 91.2 Å². The van der Waals surface area contributed by atoms with Crippen molar-refractivity contribution in [2.24, 2.45) is 5.73 Å². The Morgan fingerprint density at radius 1 is 1.38 bits per heavy atom. The standard InChI is InChI=1S/C8H13N3O5/c9-8(16)10-4-6(13)11-5(7(14)15)2-1-3-12/h3,5H,1-2,4H2,(H,11,13)(H,14,15)(H3,9,10,16). The van der Waals surface area contributed by atoms with Gasteiger partial charge in [0.25, 0.3) is 0 Å². The van der Waals surface area contributed by atoms with E-state index in [1.54, 1.807) is 0 Å². The Morgan fingerprint density at radius 3 is 2.44 bits per heavy atom. The Balaban J connectivity index is 4.07. The van der Waals surface area contributed by atoms with Crippen molar-refractivity contribution in [3.05, 3.63) is 0 Å². The minimum atomic E-state index is -1.24. The Morgan fingerprint density at radius 2 is 2.00 bits per heavy atom. The molecule has 0 saturated heterocycles. The van der Waals surface area contributed by atoms with Gasteiger partial charge in [-0.05, 0) is 6.42 Å². The molecule has 1 atom stereocenters. The van der Waals surface area contributed by atoms with E-state index in [1.165, 1.54) is 0 Å². The second-order valence-corrected chi connectivity index (χ2v) is 2.92. The fourth-order valence-corrected chi connectivity index (χ4v) is 0.905. The van der Waals surface area contributed by atoms with E-state index in [-0.39, 0.29) is 12.8 Å². The van der Waals surface area contributed by atoms with Crippen molar-refractivity contribution >= 4 is 24.2 Å². The molecular weight excluding hydrogens is 218 g/mol. The summed E-state index contributed by atoms with van der Waals surface area (Å²) in [6.45, 7) is -0.403. The first-order valence-corrected chi connectivity index (χ1v) is 4.46. The van der Waals surface area contributed by atoms with E-state index in [0.29, 0.717) is 6.29 Å². The number of nitrogens with one attached hydrogen (secondary N) is 2. The van der Waals surface area contributed by atoms with Gasteiger partial charge in [-0.1, -0.05) is 0 Å². The molecule has 3 amide bonds. The summed E-state index contributed by atoms with van der Waals surface area (Å²) in [4.78, 5) is 42.0. The predicted molar refractivity (Wildman–Crippen MR) is 52.5 cm³/mol. The van der Waals surface area contributed by atoms with Crippen molar-refractivity contribution in [2.45, 2.75) is 18.9 Å². The van der Waals surface area contributed by atoms with Gasteiger partial charge in [0.1, 0.15) is 12.3 Å². The molecule has 0 aliphatic carbocycles. The van der Waals surface area contributed by atoms with Gasteiger partial charge in [-0.3, -0.25) is 4.79 Å². The molecule has 0 radical (unpaired) electrons. The summed E-state index contributed by atoms with van der Waals surface area (Å²) >= 11 is 0. The van der Waals surface area contributed by atoms with E-state index in [9.17, 15) is 19.2 Å². The van der Waals surface area contributed by atoms with Crippen LogP contribution in [0.2, 0.25) is 0 Å². The van der Waals surface area contributed by atoms with Crippen LogP contribution in [0.15, 0.2) is 0 Å². The van der Waals surface area contributed by atoms with E-state index >= 15 is 0 Å². The van der Waals surface area contributed by atoms with Crippen LogP contribution in [0.1, 0.15) is 12.8 Å². The summed E-state index contributed by atoms with van der Waals surface area (Å²) in [6.07, 6.45) is 0.589. The smallest absolute Gasteiger partial charge is 0.326 e. The van der Waals surface area contributed by atoms with Crippen molar-refractivity contribution in [3.8, 4) is 0 Å². The molecule has 0 saturated carbocycles. The Bertz CT molecular complexity index is 291. The van der Waals surface area contributed by atoms with E-state index in [1.807, 2.05) is 5.32 Å². The molecule has 0 fully saturated rings. The van der Waals surface area contributed by atoms with E-state index in [0.717, 1.165) is 0 Å². The highest BCUT2D eigenvalue weighted by Gasteiger charge is 2.19. The normalized spacial score (nSPS) is 11.2. The summed E-state index contributed by atoms with van der Waals surface area (Å²) in [5.41, 5.74) is 4.72. The molecule has 16 heavy (non-hydrogen) atoms. The lowest BCUT2D eigenvalue weighted by Crippen LogP contribution is -2.46. The minimum Gasteiger partial charge on any atom is -0.480 e. The van der Waals surface area contributed by atoms with E-state index in [2.05, 4.69) is 5.32 Å². The lowest BCUT2D eigenvalue weighted by atomic mass is 10.1. The molecule has 90 valence electrons. The number of aldehydes is 1. The monoisotopic (exact) mass is 231 g/mol. The highest BCUT2D eigenvalue weighted by Crippen LogP contribution is 1.95. The molecule has 5 N–H and O–H groups in total. The molecular formula is C8H13N3O5. The zero-order valence-electron chi connectivity index (χ0n) is 8.43. The van der Waals surface area contributed by atoms with E-state index < -0.39 is 30.5 Å². The van der Waals surface area contributed by atoms with Crippen molar-refractivity contribution < 1.29 is 24.3 Å². The lowest BCUT2D eigenvalue weighted by Gasteiger charge is -2.12. The van der Waals surface area contributed by atoms with Gasteiger partial charge in [-0.25, -0.2) is 9.59 Å². The number of aliphatic carboxylic acids is 1. The number of carboxylic acid groups (broad SMARTS) is 1. The molecule has 0 heterocycles. The van der Waals surface area contributed by atoms with E-state index in [4.69, 9.17) is 10.8 Å². The van der Waals surface area contributed by atoms with Gasteiger partial charge in [0, 0.05) is 6.42 Å². The first-order valence-electron chi connectivity index (χ1n) is 4.46. The third-order valence-corrected chi connectivity index (χ3v) is 1.63. The van der Waals surface area contributed by atoms with Crippen LogP contribution < -0.4 is 16.4 Å². The van der Waals surface area contributed by atoms with Crippen LogP contribution in [0.25, 0.3) is 0 Å². The van der Waals surface area contributed by atoms with Crippen LogP contribution in [0.5, 0.6) is 0 Å². The fraction of sp³-hybridized carbons (Fsp3) is 0.500. The molecule has 0 aliphatic heterocycles. The number of urea groups is 1. The number of rotatable bonds is 7. The SMILES string of the molecule is NC(=O)NCC(=O)NC(CCC=O)C(=O)O. The Kier molecular flexibility index (Phi) is 6.25. The maximum Gasteiger partial charge on any atom is 0.326 e. The average molecular weight is 231 g/mol. The zero-order chi connectivity index (χ0) is 12.6. The van der Waals surface area contributed by atoms with Gasteiger partial charge in [-0.2, -0.15) is 0 Å². The van der Waals surface area contributed by atoms with Crippen LogP contribution in [0.3, 0.4) is 0 Å². The summed E-state index contributed by atoms with van der Waals surface area (Å²) in [5.74, 6) is -1.92. The Hall–Kier alpha value is -2.12. The fourth-order valence-electron chi connectivity index (χ4n) is 0.905. The molecule has 0 aromatic rings. The van der Waals surface area contributed by atoms with Gasteiger partial charge in [-0.15, -0.1) is 0 Å². The molecule has 0 rings (SSSR count). The van der Waals surface area contributed by atoms with Crippen molar-refractivity contribution in [1.29, 1.82) is 0 Å². The predicted octanol–water partition coefficient (Wildman–Crippen LogP) is -1.80. The third-order valence-electron chi connectivity index (χ3n) is 1.63. The molecule has 1 unspecified atom stereocenters. The number of hydrogen-bond donors (Lipinski definition) is 4. The summed E-state index contributed by atoms with van der Waals surface area (Å²) in [6, 6.07) is -2.03. The maximum absolute atomic E-state index is 11.1. The number of nitrogens with two attached hydrogens (primary N) is 1. The van der Waals surface area contributed by atoms with Gasteiger partial charge in [0.2, 0.25) is 5.91 Å². The summed E-state index contributed by atoms with van der Waals surface area (Å²) in [5, 5.41) is 12.8. The number of carbonyl (C=O) groups is 4. The molecule has 8 nitrogen and oxygen atoms in total. The quantitative estimate of drug-likeness (QED) is 0.383. The van der Waals surface area contributed by atoms with Crippen LogP contribution in [0, 0.1) is 0 Å². The largest absolute Gasteiger partial charge is 0.480 e. The first-order chi connectivity index (χ1) is 7.47. The van der Waals surface area contributed by atoms with Crippen LogP contribution >= 0.6 is 0 Å².